The zero-order valence-electron chi connectivity index (χ0n) is 3.30. The summed E-state index contributed by atoms with van der Waals surface area (Å²) in [5.41, 5.74) is 0. The van der Waals surface area contributed by atoms with E-state index in [4.69, 9.17) is 0 Å². The van der Waals surface area contributed by atoms with E-state index in [1.165, 1.54) is 0 Å². The number of rotatable bonds is 0. The van der Waals surface area contributed by atoms with Crippen molar-refractivity contribution in [3.05, 3.63) is 0 Å². The summed E-state index contributed by atoms with van der Waals surface area (Å²) in [5, 5.41) is 0. The third-order valence-electron chi connectivity index (χ3n) is 0. The molecule has 0 aliphatic carbocycles. The first-order chi connectivity index (χ1) is 0. The summed E-state index contributed by atoms with van der Waals surface area (Å²) in [6, 6.07) is 0. The molecular formula is Cl5LiMo. The maximum atomic E-state index is 0. The van der Waals surface area contributed by atoms with Gasteiger partial charge >= 0.3 is 39.9 Å². The third kappa shape index (κ3) is 53.0. The van der Waals surface area contributed by atoms with Gasteiger partial charge in [0.05, 0.1) is 0 Å². The molecule has 0 heterocycles. The van der Waals surface area contributed by atoms with Crippen LogP contribution in [0.15, 0.2) is 0 Å². The Kier molecular flexibility index (Phi) is 991. The summed E-state index contributed by atoms with van der Waals surface area (Å²) in [6.45, 7) is 0. The van der Waals surface area contributed by atoms with Gasteiger partial charge in [0, 0.05) is 0 Å². The van der Waals surface area contributed by atoms with Gasteiger partial charge in [-0.25, -0.2) is 0 Å². The second kappa shape index (κ2) is 69.8. The first kappa shape index (κ1) is 99.3. The van der Waals surface area contributed by atoms with E-state index >= 15 is 0 Å². The largest absolute Gasteiger partial charge is 4.00 e. The van der Waals surface area contributed by atoms with Gasteiger partial charge in [-0.2, -0.15) is 0 Å². The molecule has 0 saturated heterocycles. The predicted octanol–water partition coefficient (Wildman–Crippen LogP) is -18.0. The van der Waals surface area contributed by atoms with Gasteiger partial charge in [-0.1, -0.05) is 0 Å². The third-order valence-corrected chi connectivity index (χ3v) is 0. The van der Waals surface area contributed by atoms with Crippen molar-refractivity contribution < 1.29 is 102 Å². The molecule has 0 fully saturated rings. The molecule has 0 unspecified atom stereocenters. The quantitative estimate of drug-likeness (QED) is 0.387. The van der Waals surface area contributed by atoms with Crippen LogP contribution < -0.4 is 80.9 Å². The molecule has 0 N–H and O–H groups in total. The van der Waals surface area contributed by atoms with Gasteiger partial charge in [-0.15, -0.1) is 0 Å². The normalized spacial score (nSPS) is 0. The van der Waals surface area contributed by atoms with Gasteiger partial charge in [-0.3, -0.25) is 0 Å². The summed E-state index contributed by atoms with van der Waals surface area (Å²) in [5.74, 6) is 0. The van der Waals surface area contributed by atoms with Crippen LogP contribution in [-0.2, 0) is 21.1 Å². The van der Waals surface area contributed by atoms with E-state index in [0.717, 1.165) is 0 Å². The zero-order valence-corrected chi connectivity index (χ0v) is 9.08. The van der Waals surface area contributed by atoms with Crippen molar-refractivity contribution in [2.75, 3.05) is 0 Å². The molecule has 7 heteroatoms. The monoisotopic (exact) mass is 280 g/mol. The van der Waals surface area contributed by atoms with Gasteiger partial charge in [0.15, 0.2) is 0 Å². The fraction of sp³-hybridized carbons (Fsp3) is 0. The molecule has 42 valence electrons. The molecular weight excluding hydrogens is 280 g/mol. The summed E-state index contributed by atoms with van der Waals surface area (Å²) < 4.78 is 0. The Morgan fingerprint density at radius 2 is 0.429 bits per heavy atom. The van der Waals surface area contributed by atoms with Crippen LogP contribution in [0.5, 0.6) is 0 Å². The molecule has 0 rings (SSSR count). The van der Waals surface area contributed by atoms with Crippen LogP contribution in [0.4, 0.5) is 0 Å². The Balaban J connectivity index is 0. The molecule has 0 radical (unpaired) electrons. The SMILES string of the molecule is [Cl-].[Cl-].[Cl-].[Cl-].[Cl-].[Li+].[Mo+4]. The minimum atomic E-state index is 0. The maximum absolute atomic E-state index is 0. The van der Waals surface area contributed by atoms with Crippen molar-refractivity contribution in [1.82, 2.24) is 0 Å². The van der Waals surface area contributed by atoms with Crippen molar-refractivity contribution in [3.8, 4) is 0 Å². The molecule has 0 atom stereocenters. The number of hydrogen-bond donors (Lipinski definition) is 0. The van der Waals surface area contributed by atoms with Crippen LogP contribution >= 0.6 is 0 Å². The minimum Gasteiger partial charge on any atom is -1.00 e. The predicted molar refractivity (Wildman–Crippen MR) is 0 cm³/mol. The van der Waals surface area contributed by atoms with Gasteiger partial charge in [0.25, 0.3) is 0 Å². The molecule has 0 aromatic carbocycles. The Hall–Kier alpha value is 2.74. The van der Waals surface area contributed by atoms with Crippen molar-refractivity contribution in [1.29, 1.82) is 0 Å². The van der Waals surface area contributed by atoms with E-state index in [0.29, 0.717) is 0 Å². The van der Waals surface area contributed by atoms with E-state index in [-0.39, 0.29) is 102 Å². The smallest absolute Gasteiger partial charge is 1.00 e. The van der Waals surface area contributed by atoms with Crippen molar-refractivity contribution in [2.45, 2.75) is 0 Å². The fourth-order valence-corrected chi connectivity index (χ4v) is 0. The standard InChI is InChI=1S/5ClH.Li.Mo/h5*1H;;/q;;;;;+1;+4/p-5. The topological polar surface area (TPSA) is 0 Å². The average Bonchev–Trinajstić information content (AvgIpc) is 0. The van der Waals surface area contributed by atoms with Crippen molar-refractivity contribution >= 4 is 0 Å². The minimum absolute atomic E-state index is 0. The van der Waals surface area contributed by atoms with Gasteiger partial charge in [-0.05, 0) is 0 Å². The van der Waals surface area contributed by atoms with Crippen LogP contribution in [0.3, 0.4) is 0 Å². The average molecular weight is 280 g/mol. The fourth-order valence-electron chi connectivity index (χ4n) is 0. The first-order valence-electron chi connectivity index (χ1n) is 0. The maximum Gasteiger partial charge on any atom is 4.00 e. The van der Waals surface area contributed by atoms with Gasteiger partial charge in [0.2, 0.25) is 0 Å². The Morgan fingerprint density at radius 1 is 0.429 bits per heavy atom. The molecule has 7 heavy (non-hydrogen) atoms. The Morgan fingerprint density at radius 3 is 0.429 bits per heavy atom. The van der Waals surface area contributed by atoms with Crippen LogP contribution in [0.2, 0.25) is 0 Å². The summed E-state index contributed by atoms with van der Waals surface area (Å²) in [4.78, 5) is 0. The van der Waals surface area contributed by atoms with Crippen LogP contribution in [0.25, 0.3) is 0 Å². The van der Waals surface area contributed by atoms with Crippen molar-refractivity contribution in [2.24, 2.45) is 0 Å². The van der Waals surface area contributed by atoms with E-state index in [1.807, 2.05) is 0 Å². The molecule has 0 nitrogen and oxygen atoms in total. The molecule has 0 aromatic heterocycles. The molecule has 0 aliphatic rings. The molecule has 0 spiro atoms. The van der Waals surface area contributed by atoms with Crippen molar-refractivity contribution in [3.63, 3.8) is 0 Å². The van der Waals surface area contributed by atoms with Gasteiger partial charge < -0.3 is 62.0 Å². The van der Waals surface area contributed by atoms with Gasteiger partial charge in [0.1, 0.15) is 0 Å². The Bertz CT molecular complexity index is 8.04. The molecule has 0 amide bonds. The summed E-state index contributed by atoms with van der Waals surface area (Å²) in [6.07, 6.45) is 0. The van der Waals surface area contributed by atoms with E-state index < -0.39 is 0 Å². The van der Waals surface area contributed by atoms with Crippen LogP contribution in [0, 0.1) is 0 Å². The van der Waals surface area contributed by atoms with Crippen LogP contribution in [0.1, 0.15) is 0 Å². The van der Waals surface area contributed by atoms with E-state index in [9.17, 15) is 0 Å². The van der Waals surface area contributed by atoms with E-state index in [1.54, 1.807) is 0 Å². The van der Waals surface area contributed by atoms with Crippen LogP contribution in [-0.4, -0.2) is 0 Å². The molecule has 0 bridgehead atoms. The Labute approximate surface area is 101 Å². The zero-order chi connectivity index (χ0) is 0. The summed E-state index contributed by atoms with van der Waals surface area (Å²) >= 11 is 0. The number of halogens is 5. The summed E-state index contributed by atoms with van der Waals surface area (Å²) in [7, 11) is 0. The van der Waals surface area contributed by atoms with E-state index in [2.05, 4.69) is 0 Å². The first-order valence-corrected chi connectivity index (χ1v) is 0. The molecule has 0 aliphatic heterocycles. The second-order valence-electron chi connectivity index (χ2n) is 0. The second-order valence-corrected chi connectivity index (χ2v) is 0. The molecule has 0 aromatic rings. The number of hydrogen-bond acceptors (Lipinski definition) is 0. The molecule has 0 saturated carbocycles.